The van der Waals surface area contributed by atoms with Gasteiger partial charge in [0.05, 0.1) is 12.7 Å². The van der Waals surface area contributed by atoms with Gasteiger partial charge in [0.2, 0.25) is 0 Å². The Morgan fingerprint density at radius 3 is 2.08 bits per heavy atom. The van der Waals surface area contributed by atoms with E-state index in [1.54, 1.807) is 0 Å². The van der Waals surface area contributed by atoms with Crippen molar-refractivity contribution in [3.63, 3.8) is 0 Å². The summed E-state index contributed by atoms with van der Waals surface area (Å²) in [5.41, 5.74) is 0. The summed E-state index contributed by atoms with van der Waals surface area (Å²) in [5.74, 6) is 4.99. The van der Waals surface area contributed by atoms with E-state index in [0.29, 0.717) is 6.61 Å². The summed E-state index contributed by atoms with van der Waals surface area (Å²) >= 11 is 0. The van der Waals surface area contributed by atoms with E-state index in [0.717, 1.165) is 0 Å². The number of hydrogen-bond acceptors (Lipinski definition) is 3. The SMILES string of the molecule is CC(CON)O[Si](C)(C)C(C)(C)C. The molecule has 0 rings (SSSR count). The van der Waals surface area contributed by atoms with E-state index in [1.807, 2.05) is 6.92 Å². The normalized spacial score (nSPS) is 15.9. The zero-order valence-corrected chi connectivity index (χ0v) is 10.7. The van der Waals surface area contributed by atoms with Crippen molar-refractivity contribution in [3.8, 4) is 0 Å². The fourth-order valence-corrected chi connectivity index (χ4v) is 2.28. The van der Waals surface area contributed by atoms with Gasteiger partial charge in [-0.05, 0) is 25.1 Å². The van der Waals surface area contributed by atoms with Crippen molar-refractivity contribution >= 4 is 8.32 Å². The highest BCUT2D eigenvalue weighted by Crippen LogP contribution is 2.37. The maximum absolute atomic E-state index is 5.98. The largest absolute Gasteiger partial charge is 0.412 e. The third-order valence-corrected chi connectivity index (χ3v) is 7.24. The van der Waals surface area contributed by atoms with Crippen LogP contribution in [0.25, 0.3) is 0 Å². The van der Waals surface area contributed by atoms with Crippen molar-refractivity contribution < 1.29 is 9.26 Å². The van der Waals surface area contributed by atoms with Gasteiger partial charge >= 0.3 is 0 Å². The zero-order valence-electron chi connectivity index (χ0n) is 9.68. The van der Waals surface area contributed by atoms with Crippen LogP contribution in [0.3, 0.4) is 0 Å². The van der Waals surface area contributed by atoms with Crippen LogP contribution >= 0.6 is 0 Å². The first-order valence-corrected chi connectivity index (χ1v) is 7.61. The quantitative estimate of drug-likeness (QED) is 0.566. The van der Waals surface area contributed by atoms with Crippen LogP contribution in [0.5, 0.6) is 0 Å². The molecule has 0 fully saturated rings. The number of nitrogens with two attached hydrogens (primary N) is 1. The Labute approximate surface area is 82.7 Å². The van der Waals surface area contributed by atoms with E-state index in [-0.39, 0.29) is 11.1 Å². The second-order valence-corrected chi connectivity index (χ2v) is 9.78. The topological polar surface area (TPSA) is 44.5 Å². The summed E-state index contributed by atoms with van der Waals surface area (Å²) in [6.45, 7) is 13.6. The second kappa shape index (κ2) is 4.55. The lowest BCUT2D eigenvalue weighted by Gasteiger charge is -2.38. The summed E-state index contributed by atoms with van der Waals surface area (Å²) in [4.78, 5) is 4.56. The molecule has 0 radical (unpaired) electrons. The van der Waals surface area contributed by atoms with E-state index in [1.165, 1.54) is 0 Å². The summed E-state index contributed by atoms with van der Waals surface area (Å²) in [7, 11) is -1.64. The van der Waals surface area contributed by atoms with Gasteiger partial charge < -0.3 is 9.26 Å². The summed E-state index contributed by atoms with van der Waals surface area (Å²) in [6, 6.07) is 0. The molecule has 0 aliphatic carbocycles. The van der Waals surface area contributed by atoms with Crippen LogP contribution in [0.1, 0.15) is 27.7 Å². The van der Waals surface area contributed by atoms with Crippen LogP contribution in [-0.2, 0) is 9.26 Å². The molecular formula is C9H23NO2Si. The Kier molecular flexibility index (Phi) is 4.58. The van der Waals surface area contributed by atoms with Gasteiger partial charge in [-0.25, -0.2) is 5.90 Å². The third kappa shape index (κ3) is 4.22. The van der Waals surface area contributed by atoms with E-state index in [9.17, 15) is 0 Å². The molecule has 2 N–H and O–H groups in total. The molecule has 80 valence electrons. The van der Waals surface area contributed by atoms with Crippen LogP contribution in [0, 0.1) is 0 Å². The predicted octanol–water partition coefficient (Wildman–Crippen LogP) is 2.29. The highest BCUT2D eigenvalue weighted by molar-refractivity contribution is 6.74. The number of rotatable bonds is 4. The Morgan fingerprint density at radius 1 is 1.31 bits per heavy atom. The molecule has 0 aromatic heterocycles. The monoisotopic (exact) mass is 205 g/mol. The van der Waals surface area contributed by atoms with E-state index < -0.39 is 8.32 Å². The minimum atomic E-state index is -1.64. The van der Waals surface area contributed by atoms with Crippen molar-refractivity contribution in [1.82, 2.24) is 0 Å². The van der Waals surface area contributed by atoms with Crippen LogP contribution < -0.4 is 5.90 Å². The van der Waals surface area contributed by atoms with Crippen LogP contribution in [-0.4, -0.2) is 21.0 Å². The lowest BCUT2D eigenvalue weighted by Crippen LogP contribution is -2.44. The van der Waals surface area contributed by atoms with E-state index >= 15 is 0 Å². The maximum atomic E-state index is 5.98. The van der Waals surface area contributed by atoms with Crippen molar-refractivity contribution in [3.05, 3.63) is 0 Å². The van der Waals surface area contributed by atoms with Crippen molar-refractivity contribution in [2.45, 2.75) is 51.9 Å². The van der Waals surface area contributed by atoms with Gasteiger partial charge in [0.25, 0.3) is 0 Å². The van der Waals surface area contributed by atoms with Crippen LogP contribution in [0.15, 0.2) is 0 Å². The molecule has 1 unspecified atom stereocenters. The van der Waals surface area contributed by atoms with Gasteiger partial charge in [-0.15, -0.1) is 0 Å². The fourth-order valence-electron chi connectivity index (χ4n) is 0.849. The Balaban J connectivity index is 4.17. The molecular weight excluding hydrogens is 182 g/mol. The van der Waals surface area contributed by atoms with Gasteiger partial charge in [-0.1, -0.05) is 20.8 Å². The standard InChI is InChI=1S/C9H23NO2Si/c1-8(7-11-10)12-13(5,6)9(2,3)4/h8H,7,10H2,1-6H3. The van der Waals surface area contributed by atoms with Crippen LogP contribution in [0.4, 0.5) is 0 Å². The first-order chi connectivity index (χ1) is 5.70. The van der Waals surface area contributed by atoms with Gasteiger partial charge in [-0.3, -0.25) is 0 Å². The average Bonchev–Trinajstić information content (AvgIpc) is 1.83. The molecule has 0 spiro atoms. The summed E-state index contributed by atoms with van der Waals surface area (Å²) < 4.78 is 5.98. The van der Waals surface area contributed by atoms with Crippen LogP contribution in [0.2, 0.25) is 18.1 Å². The summed E-state index contributed by atoms with van der Waals surface area (Å²) in [5, 5.41) is 0.246. The van der Waals surface area contributed by atoms with Crippen molar-refractivity contribution in [2.75, 3.05) is 6.61 Å². The molecule has 0 amide bonds. The number of hydrogen-bond donors (Lipinski definition) is 1. The average molecular weight is 205 g/mol. The van der Waals surface area contributed by atoms with Crippen molar-refractivity contribution in [1.29, 1.82) is 0 Å². The molecule has 0 heterocycles. The molecule has 0 saturated heterocycles. The van der Waals surface area contributed by atoms with Crippen molar-refractivity contribution in [2.24, 2.45) is 5.90 Å². The molecule has 0 bridgehead atoms. The second-order valence-electron chi connectivity index (χ2n) is 5.02. The van der Waals surface area contributed by atoms with E-state index in [2.05, 4.69) is 38.7 Å². The minimum absolute atomic E-state index is 0.0888. The van der Waals surface area contributed by atoms with Gasteiger partial charge in [0.15, 0.2) is 8.32 Å². The van der Waals surface area contributed by atoms with Gasteiger partial charge in [0.1, 0.15) is 0 Å². The Bertz CT molecular complexity index is 154. The maximum Gasteiger partial charge on any atom is 0.192 e. The molecule has 0 saturated carbocycles. The Morgan fingerprint density at radius 2 is 1.77 bits per heavy atom. The summed E-state index contributed by atoms with van der Waals surface area (Å²) in [6.07, 6.45) is 0.0888. The first kappa shape index (κ1) is 13.1. The van der Waals surface area contributed by atoms with Gasteiger partial charge in [0, 0.05) is 0 Å². The smallest absolute Gasteiger partial charge is 0.192 e. The predicted molar refractivity (Wildman–Crippen MR) is 57.9 cm³/mol. The molecule has 0 aromatic carbocycles. The lowest BCUT2D eigenvalue weighted by atomic mass is 10.2. The molecule has 0 aliphatic rings. The fraction of sp³-hybridized carbons (Fsp3) is 1.00. The molecule has 3 nitrogen and oxygen atoms in total. The molecule has 13 heavy (non-hydrogen) atoms. The highest BCUT2D eigenvalue weighted by atomic mass is 28.4. The molecule has 4 heteroatoms. The minimum Gasteiger partial charge on any atom is -0.412 e. The molecule has 1 atom stereocenters. The first-order valence-electron chi connectivity index (χ1n) is 4.70. The molecule has 0 aliphatic heterocycles. The zero-order chi connectivity index (χ0) is 10.7. The lowest BCUT2D eigenvalue weighted by molar-refractivity contribution is 0.0520. The third-order valence-electron chi connectivity index (χ3n) is 2.63. The molecule has 0 aromatic rings. The Hall–Kier alpha value is 0.0969. The highest BCUT2D eigenvalue weighted by Gasteiger charge is 2.38. The van der Waals surface area contributed by atoms with Gasteiger partial charge in [-0.2, -0.15) is 0 Å². The van der Waals surface area contributed by atoms with E-state index in [4.69, 9.17) is 10.3 Å².